The Balaban J connectivity index is 1.67. The van der Waals surface area contributed by atoms with Crippen molar-refractivity contribution in [3.05, 3.63) is 65.2 Å². The lowest BCUT2D eigenvalue weighted by molar-refractivity contribution is -0.117. The maximum absolute atomic E-state index is 13.6. The van der Waals surface area contributed by atoms with E-state index < -0.39 is 23.2 Å². The third kappa shape index (κ3) is 3.24. The molecule has 0 saturated carbocycles. The first-order valence-corrected chi connectivity index (χ1v) is 7.58. The van der Waals surface area contributed by atoms with E-state index in [1.54, 1.807) is 0 Å². The van der Waals surface area contributed by atoms with Gasteiger partial charge in [-0.15, -0.1) is 0 Å². The van der Waals surface area contributed by atoms with Crippen LogP contribution in [0.2, 0.25) is 0 Å². The van der Waals surface area contributed by atoms with Crippen LogP contribution in [-0.2, 0) is 11.2 Å². The summed E-state index contributed by atoms with van der Waals surface area (Å²) in [6.07, 6.45) is 1.92. The second-order valence-electron chi connectivity index (χ2n) is 5.81. The summed E-state index contributed by atoms with van der Waals surface area (Å²) in [4.78, 5) is 14.0. The van der Waals surface area contributed by atoms with Crippen LogP contribution in [0, 0.1) is 11.6 Å². The summed E-state index contributed by atoms with van der Waals surface area (Å²) in [5, 5.41) is 2.33. The molecule has 0 aromatic heterocycles. The van der Waals surface area contributed by atoms with Crippen LogP contribution in [0.5, 0.6) is 0 Å². The highest BCUT2D eigenvalue weighted by Gasteiger charge is 2.26. The van der Waals surface area contributed by atoms with Crippen LogP contribution >= 0.6 is 0 Å². The maximum atomic E-state index is 13.6. The van der Waals surface area contributed by atoms with Crippen LogP contribution in [0.4, 0.5) is 14.5 Å². The minimum atomic E-state index is -0.771. The fraction of sp³-hybridized carbons (Fsp3) is 0.278. The zero-order valence-corrected chi connectivity index (χ0v) is 12.9. The molecule has 1 amide bonds. The molecule has 0 aliphatic heterocycles. The van der Waals surface area contributed by atoms with Crippen molar-refractivity contribution in [3.8, 4) is 0 Å². The molecule has 120 valence electrons. The standard InChI is InChI=1S/C18H18F2N2O/c1-22(16-10-9-12-5-2-3-6-13(12)16)11-17(23)21-18-14(19)7-4-8-15(18)20/h2-8,16H,9-11H2,1H3,(H,21,23). The summed E-state index contributed by atoms with van der Waals surface area (Å²) in [5.74, 6) is -1.97. The van der Waals surface area contributed by atoms with E-state index in [-0.39, 0.29) is 12.6 Å². The number of likely N-dealkylation sites (N-methyl/N-ethyl adjacent to an activating group) is 1. The van der Waals surface area contributed by atoms with Gasteiger partial charge >= 0.3 is 0 Å². The molecular formula is C18H18F2N2O. The first-order chi connectivity index (χ1) is 11.1. The largest absolute Gasteiger partial charge is 0.320 e. The number of halogens is 2. The second-order valence-corrected chi connectivity index (χ2v) is 5.81. The number of carbonyl (C=O) groups is 1. The van der Waals surface area contributed by atoms with E-state index in [2.05, 4.69) is 17.4 Å². The number of aryl methyl sites for hydroxylation is 1. The molecule has 0 fully saturated rings. The Hall–Kier alpha value is -2.27. The number of nitrogens with one attached hydrogen (secondary N) is 1. The van der Waals surface area contributed by atoms with Crippen LogP contribution < -0.4 is 5.32 Å². The van der Waals surface area contributed by atoms with Crippen LogP contribution in [0.1, 0.15) is 23.6 Å². The molecule has 3 nitrogen and oxygen atoms in total. The Morgan fingerprint density at radius 1 is 1.17 bits per heavy atom. The molecular weight excluding hydrogens is 298 g/mol. The zero-order valence-electron chi connectivity index (χ0n) is 12.9. The van der Waals surface area contributed by atoms with Crippen LogP contribution in [0.15, 0.2) is 42.5 Å². The molecule has 0 heterocycles. The number of hydrogen-bond donors (Lipinski definition) is 1. The van der Waals surface area contributed by atoms with E-state index in [4.69, 9.17) is 0 Å². The van der Waals surface area contributed by atoms with Crippen molar-refractivity contribution in [2.45, 2.75) is 18.9 Å². The van der Waals surface area contributed by atoms with Gasteiger partial charge in [-0.2, -0.15) is 0 Å². The summed E-state index contributed by atoms with van der Waals surface area (Å²) in [7, 11) is 1.85. The SMILES string of the molecule is CN(CC(=O)Nc1c(F)cccc1F)C1CCc2ccccc21. The Bertz CT molecular complexity index is 712. The smallest absolute Gasteiger partial charge is 0.238 e. The molecule has 3 rings (SSSR count). The van der Waals surface area contributed by atoms with Crippen molar-refractivity contribution in [1.29, 1.82) is 0 Å². The van der Waals surface area contributed by atoms with Crippen LogP contribution in [0.25, 0.3) is 0 Å². The minimum Gasteiger partial charge on any atom is -0.320 e. The van der Waals surface area contributed by atoms with Crippen LogP contribution in [-0.4, -0.2) is 24.4 Å². The number of hydrogen-bond acceptors (Lipinski definition) is 2. The quantitative estimate of drug-likeness (QED) is 0.936. The lowest BCUT2D eigenvalue weighted by Crippen LogP contribution is -2.33. The van der Waals surface area contributed by atoms with E-state index in [0.29, 0.717) is 0 Å². The Morgan fingerprint density at radius 3 is 2.61 bits per heavy atom. The van der Waals surface area contributed by atoms with E-state index in [0.717, 1.165) is 25.0 Å². The molecule has 0 spiro atoms. The number of nitrogens with zero attached hydrogens (tertiary/aromatic N) is 1. The molecule has 0 bridgehead atoms. The molecule has 0 saturated heterocycles. The Labute approximate surface area is 133 Å². The van der Waals surface area contributed by atoms with Gasteiger partial charge in [0.1, 0.15) is 17.3 Å². The van der Waals surface area contributed by atoms with E-state index in [1.807, 2.05) is 24.1 Å². The number of carbonyl (C=O) groups excluding carboxylic acids is 1. The number of anilines is 1. The fourth-order valence-electron chi connectivity index (χ4n) is 3.13. The predicted molar refractivity (Wildman–Crippen MR) is 85.1 cm³/mol. The highest BCUT2D eigenvalue weighted by Crippen LogP contribution is 2.34. The first-order valence-electron chi connectivity index (χ1n) is 7.58. The lowest BCUT2D eigenvalue weighted by atomic mass is 10.1. The van der Waals surface area contributed by atoms with Crippen molar-refractivity contribution in [3.63, 3.8) is 0 Å². The first kappa shape index (κ1) is 15.6. The number of para-hydroxylation sites is 1. The Kier molecular flexibility index (Phi) is 4.39. The fourth-order valence-corrected chi connectivity index (χ4v) is 3.13. The second kappa shape index (κ2) is 6.46. The molecule has 2 aromatic carbocycles. The molecule has 0 radical (unpaired) electrons. The number of rotatable bonds is 4. The molecule has 23 heavy (non-hydrogen) atoms. The van der Waals surface area contributed by atoms with Gasteiger partial charge in [0.15, 0.2) is 0 Å². The molecule has 1 aliphatic carbocycles. The topological polar surface area (TPSA) is 32.3 Å². The van der Waals surface area contributed by atoms with Gasteiger partial charge in [-0.1, -0.05) is 30.3 Å². The molecule has 1 aliphatic rings. The highest BCUT2D eigenvalue weighted by atomic mass is 19.1. The average Bonchev–Trinajstić information content (AvgIpc) is 2.95. The average molecular weight is 316 g/mol. The van der Waals surface area contributed by atoms with Gasteiger partial charge < -0.3 is 5.32 Å². The summed E-state index contributed by atoms with van der Waals surface area (Å²) in [5.41, 5.74) is 2.13. The number of benzene rings is 2. The van der Waals surface area contributed by atoms with Gasteiger partial charge in [-0.3, -0.25) is 9.69 Å². The van der Waals surface area contributed by atoms with Gasteiger partial charge in [0.25, 0.3) is 0 Å². The summed E-state index contributed by atoms with van der Waals surface area (Å²) in [6, 6.07) is 11.8. The Morgan fingerprint density at radius 2 is 1.87 bits per heavy atom. The monoisotopic (exact) mass is 316 g/mol. The van der Waals surface area contributed by atoms with Crippen molar-refractivity contribution in [1.82, 2.24) is 4.90 Å². The molecule has 1 atom stereocenters. The van der Waals surface area contributed by atoms with E-state index >= 15 is 0 Å². The minimum absolute atomic E-state index is 0.0762. The van der Waals surface area contributed by atoms with Gasteiger partial charge in [0.05, 0.1) is 6.54 Å². The lowest BCUT2D eigenvalue weighted by Gasteiger charge is -2.24. The van der Waals surface area contributed by atoms with Crippen molar-refractivity contribution in [2.24, 2.45) is 0 Å². The predicted octanol–water partition coefficient (Wildman–Crippen LogP) is 3.52. The zero-order chi connectivity index (χ0) is 16.4. The molecule has 1 unspecified atom stereocenters. The van der Waals surface area contributed by atoms with Crippen molar-refractivity contribution < 1.29 is 13.6 Å². The normalized spacial score (nSPS) is 16.4. The van der Waals surface area contributed by atoms with E-state index in [1.165, 1.54) is 17.2 Å². The summed E-state index contributed by atoms with van der Waals surface area (Å²) in [6.45, 7) is 0.0762. The van der Waals surface area contributed by atoms with Crippen molar-refractivity contribution >= 4 is 11.6 Å². The highest BCUT2D eigenvalue weighted by molar-refractivity contribution is 5.92. The summed E-state index contributed by atoms with van der Waals surface area (Å²) < 4.78 is 27.2. The van der Waals surface area contributed by atoms with Crippen molar-refractivity contribution in [2.75, 3.05) is 18.9 Å². The number of fused-ring (bicyclic) bond motifs is 1. The molecule has 5 heteroatoms. The van der Waals surface area contributed by atoms with Gasteiger partial charge in [0, 0.05) is 6.04 Å². The van der Waals surface area contributed by atoms with Crippen LogP contribution in [0.3, 0.4) is 0 Å². The van der Waals surface area contributed by atoms with Gasteiger partial charge in [0.2, 0.25) is 5.91 Å². The van der Waals surface area contributed by atoms with Gasteiger partial charge in [-0.25, -0.2) is 8.78 Å². The number of amides is 1. The van der Waals surface area contributed by atoms with E-state index in [9.17, 15) is 13.6 Å². The molecule has 2 aromatic rings. The van der Waals surface area contributed by atoms with Gasteiger partial charge in [-0.05, 0) is 43.1 Å². The maximum Gasteiger partial charge on any atom is 0.238 e. The summed E-state index contributed by atoms with van der Waals surface area (Å²) >= 11 is 0. The third-order valence-electron chi connectivity index (χ3n) is 4.25. The third-order valence-corrected chi connectivity index (χ3v) is 4.25. The molecule has 1 N–H and O–H groups in total.